The molecular formula is C11H21IN2S. The monoisotopic (exact) mass is 340 g/mol. The van der Waals surface area contributed by atoms with Crippen molar-refractivity contribution in [1.82, 2.24) is 4.83 Å². The van der Waals surface area contributed by atoms with Crippen molar-refractivity contribution >= 4 is 36.0 Å². The van der Waals surface area contributed by atoms with Gasteiger partial charge in [-0.2, -0.15) is 5.10 Å². The second-order valence-electron chi connectivity index (χ2n) is 3.53. The van der Waals surface area contributed by atoms with Gasteiger partial charge >= 0.3 is 0 Å². The van der Waals surface area contributed by atoms with E-state index in [9.17, 15) is 0 Å². The van der Waals surface area contributed by atoms with Gasteiger partial charge in [-0.3, -0.25) is 0 Å². The number of hydrogen-bond donors (Lipinski definition) is 1. The molecule has 0 aromatic carbocycles. The Balaban J connectivity index is 0.000000921. The summed E-state index contributed by atoms with van der Waals surface area (Å²) in [6, 6.07) is 0. The zero-order valence-electron chi connectivity index (χ0n) is 10.2. The van der Waals surface area contributed by atoms with Gasteiger partial charge < -0.3 is 0 Å². The Morgan fingerprint density at radius 2 is 1.93 bits per heavy atom. The van der Waals surface area contributed by atoms with E-state index in [4.69, 9.17) is 0 Å². The normalized spacial score (nSPS) is 18.2. The van der Waals surface area contributed by atoms with Gasteiger partial charge in [0.05, 0.1) is 5.71 Å². The highest BCUT2D eigenvalue weighted by Gasteiger charge is 2.19. The average molecular weight is 340 g/mol. The quantitative estimate of drug-likeness (QED) is 0.457. The zero-order chi connectivity index (χ0) is 11.8. The fourth-order valence-electron chi connectivity index (χ4n) is 1.75. The molecule has 15 heavy (non-hydrogen) atoms. The van der Waals surface area contributed by atoms with Crippen LogP contribution >= 0.6 is 30.3 Å². The van der Waals surface area contributed by atoms with Crippen LogP contribution in [0.15, 0.2) is 16.2 Å². The summed E-state index contributed by atoms with van der Waals surface area (Å²) >= 11 is 2.18. The first-order chi connectivity index (χ1) is 7.16. The minimum absolute atomic E-state index is 0.667. The number of nitrogens with one attached hydrogen (secondary N) is 1. The van der Waals surface area contributed by atoms with Crippen molar-refractivity contribution in [3.8, 4) is 0 Å². The van der Waals surface area contributed by atoms with E-state index < -0.39 is 0 Å². The Morgan fingerprint density at radius 1 is 1.33 bits per heavy atom. The van der Waals surface area contributed by atoms with Gasteiger partial charge in [-0.1, -0.05) is 33.3 Å². The van der Waals surface area contributed by atoms with Crippen LogP contribution in [-0.4, -0.2) is 5.71 Å². The Morgan fingerprint density at radius 3 is 2.33 bits per heavy atom. The molecule has 0 aromatic rings. The lowest BCUT2D eigenvalue weighted by Gasteiger charge is -2.06. The van der Waals surface area contributed by atoms with Crippen molar-refractivity contribution in [2.24, 2.45) is 11.0 Å². The third-order valence-corrected chi connectivity index (χ3v) is 3.21. The fraction of sp³-hybridized carbons (Fsp3) is 0.727. The molecule has 0 aromatic heterocycles. The molecule has 0 aliphatic heterocycles. The van der Waals surface area contributed by atoms with Gasteiger partial charge in [0.25, 0.3) is 0 Å². The van der Waals surface area contributed by atoms with Crippen molar-refractivity contribution in [3.63, 3.8) is 0 Å². The van der Waals surface area contributed by atoms with Crippen LogP contribution in [0.5, 0.6) is 0 Å². The van der Waals surface area contributed by atoms with Gasteiger partial charge in [-0.25, -0.2) is 4.83 Å². The minimum atomic E-state index is 0.667. The van der Waals surface area contributed by atoms with Crippen molar-refractivity contribution in [3.05, 3.63) is 11.1 Å². The van der Waals surface area contributed by atoms with Gasteiger partial charge in [0, 0.05) is 30.3 Å². The Hall–Kier alpha value is 0.290. The van der Waals surface area contributed by atoms with E-state index in [1.165, 1.54) is 26.8 Å². The van der Waals surface area contributed by atoms with Crippen molar-refractivity contribution in [1.29, 1.82) is 0 Å². The topological polar surface area (TPSA) is 24.4 Å². The molecule has 0 atom stereocenters. The van der Waals surface area contributed by atoms with Crippen LogP contribution < -0.4 is 4.83 Å². The largest absolute Gasteiger partial charge is 0.242 e. The lowest BCUT2D eigenvalue weighted by atomic mass is 10.0. The molecule has 1 rings (SSSR count). The molecule has 88 valence electrons. The van der Waals surface area contributed by atoms with Crippen LogP contribution in [0.1, 0.15) is 47.5 Å². The number of allylic oxidation sites excluding steroid dienone is 2. The molecule has 0 amide bonds. The maximum atomic E-state index is 4.32. The van der Waals surface area contributed by atoms with E-state index in [-0.39, 0.29) is 0 Å². The maximum Gasteiger partial charge on any atom is 0.0645 e. The second kappa shape index (κ2) is 8.44. The summed E-state index contributed by atoms with van der Waals surface area (Å²) in [6.45, 7) is 10.7. The molecule has 2 nitrogen and oxygen atoms in total. The zero-order valence-corrected chi connectivity index (χ0v) is 13.2. The maximum absolute atomic E-state index is 4.32. The van der Waals surface area contributed by atoms with Crippen molar-refractivity contribution in [2.75, 3.05) is 0 Å². The van der Waals surface area contributed by atoms with Crippen molar-refractivity contribution in [2.45, 2.75) is 47.5 Å². The van der Waals surface area contributed by atoms with Crippen LogP contribution in [0.25, 0.3) is 0 Å². The van der Waals surface area contributed by atoms with E-state index >= 15 is 0 Å². The molecule has 0 radical (unpaired) electrons. The molecule has 1 aliphatic rings. The Kier molecular flexibility index (Phi) is 8.61. The Bertz CT molecular complexity index is 247. The van der Waals surface area contributed by atoms with Gasteiger partial charge in [-0.05, 0) is 31.3 Å². The summed E-state index contributed by atoms with van der Waals surface area (Å²) in [6.07, 6.45) is 2.29. The third-order valence-electron chi connectivity index (χ3n) is 2.46. The predicted octanol–water partition coefficient (Wildman–Crippen LogP) is 4.72. The third kappa shape index (κ3) is 4.76. The molecule has 0 saturated carbocycles. The smallest absolute Gasteiger partial charge is 0.0645 e. The molecule has 0 heterocycles. The summed E-state index contributed by atoms with van der Waals surface area (Å²) in [5, 5.41) is 4.32. The lowest BCUT2D eigenvalue weighted by molar-refractivity contribution is 0.728. The first-order valence-electron chi connectivity index (χ1n) is 5.46. The first-order valence-corrected chi connectivity index (χ1v) is 8.82. The first kappa shape index (κ1) is 15.3. The molecule has 0 saturated heterocycles. The molecule has 0 bridgehead atoms. The lowest BCUT2D eigenvalue weighted by Crippen LogP contribution is -2.00. The average Bonchev–Trinajstić information content (AvgIpc) is 2.60. The van der Waals surface area contributed by atoms with Crippen LogP contribution in [-0.2, 0) is 0 Å². The highest BCUT2D eigenvalue weighted by Crippen LogP contribution is 2.29. The van der Waals surface area contributed by atoms with Crippen molar-refractivity contribution < 1.29 is 0 Å². The molecule has 4 heteroatoms. The molecular weight excluding hydrogens is 319 g/mol. The second-order valence-corrected chi connectivity index (χ2v) is 5.19. The van der Waals surface area contributed by atoms with E-state index in [0.717, 1.165) is 6.42 Å². The van der Waals surface area contributed by atoms with Crippen LogP contribution in [0.3, 0.4) is 0 Å². The van der Waals surface area contributed by atoms with E-state index in [1.54, 1.807) is 5.57 Å². The minimum Gasteiger partial charge on any atom is -0.242 e. The summed E-state index contributed by atoms with van der Waals surface area (Å²) in [5.74, 6) is 0.667. The number of nitrogens with zero attached hydrogens (tertiary/aromatic N) is 1. The van der Waals surface area contributed by atoms with Crippen LogP contribution in [0, 0.1) is 5.92 Å². The molecule has 1 N–H and O–H groups in total. The van der Waals surface area contributed by atoms with Gasteiger partial charge in [0.2, 0.25) is 0 Å². The molecule has 0 fully saturated rings. The van der Waals surface area contributed by atoms with Crippen LogP contribution in [0.4, 0.5) is 0 Å². The van der Waals surface area contributed by atoms with Gasteiger partial charge in [-0.15, -0.1) is 0 Å². The number of hydrogen-bond acceptors (Lipinski definition) is 3. The highest BCUT2D eigenvalue weighted by molar-refractivity contribution is 14.2. The van der Waals surface area contributed by atoms with Gasteiger partial charge in [0.1, 0.15) is 0 Å². The summed E-state index contributed by atoms with van der Waals surface area (Å²) in [7, 11) is 1.51. The number of halogens is 1. The predicted molar refractivity (Wildman–Crippen MR) is 80.3 cm³/mol. The molecule has 0 unspecified atom stereocenters. The van der Waals surface area contributed by atoms with Crippen LogP contribution in [0.2, 0.25) is 0 Å². The highest BCUT2D eigenvalue weighted by atomic mass is 127. The fourth-order valence-corrected chi connectivity index (χ4v) is 2.19. The number of hydrazone groups is 1. The van der Waals surface area contributed by atoms with E-state index in [2.05, 4.69) is 51.9 Å². The van der Waals surface area contributed by atoms with Gasteiger partial charge in [0.15, 0.2) is 0 Å². The van der Waals surface area contributed by atoms with E-state index in [1.807, 2.05) is 13.8 Å². The standard InChI is InChI=1S/C9H15IN2S.C2H6/c1-6(2)8-4-5-9(7(8)3)11-12-13-10;1-2/h6,12H,4-5H2,1-3H3;1-2H3/b11-9+;. The summed E-state index contributed by atoms with van der Waals surface area (Å²) in [5.41, 5.74) is 4.19. The summed E-state index contributed by atoms with van der Waals surface area (Å²) < 4.78 is 0. The summed E-state index contributed by atoms with van der Waals surface area (Å²) in [4.78, 5) is 2.94. The Labute approximate surface area is 110 Å². The molecule has 1 aliphatic carbocycles. The van der Waals surface area contributed by atoms with E-state index in [0.29, 0.717) is 5.92 Å². The molecule has 0 spiro atoms. The number of rotatable bonds is 3. The SMILES string of the molecule is CC.CC1=C(C(C)C)CC/C1=N\NSI.